The Hall–Kier alpha value is -1.74. The summed E-state index contributed by atoms with van der Waals surface area (Å²) >= 11 is 1.05. The number of carboxylic acid groups (broad SMARTS) is 1. The van der Waals surface area contributed by atoms with E-state index in [2.05, 4.69) is 9.71 Å². The number of benzene rings is 1. The van der Waals surface area contributed by atoms with Gasteiger partial charge in [0.2, 0.25) is 0 Å². The van der Waals surface area contributed by atoms with Crippen molar-refractivity contribution in [1.29, 1.82) is 0 Å². The van der Waals surface area contributed by atoms with Gasteiger partial charge < -0.3 is 15.2 Å². The summed E-state index contributed by atoms with van der Waals surface area (Å²) in [6.07, 6.45) is -0.0686. The second kappa shape index (κ2) is 5.71. The fraction of sp³-hybridized carbons (Fsp3) is 0.273. The number of hydrogen-bond donors (Lipinski definition) is 2. The average Bonchev–Trinajstić information content (AvgIpc) is 2.37. The molecule has 0 amide bonds. The highest BCUT2D eigenvalue weighted by Gasteiger charge is 2.25. The van der Waals surface area contributed by atoms with Gasteiger partial charge in [0.1, 0.15) is 10.6 Å². The van der Waals surface area contributed by atoms with Crippen LogP contribution in [-0.2, 0) is 14.8 Å². The van der Waals surface area contributed by atoms with Crippen LogP contribution in [0.4, 0.5) is 5.69 Å². The second-order valence-electron chi connectivity index (χ2n) is 3.85. The molecule has 20 heavy (non-hydrogen) atoms. The number of fused-ring (bicyclic) bond motifs is 1. The zero-order chi connectivity index (χ0) is 14.8. The van der Waals surface area contributed by atoms with Crippen LogP contribution in [0.3, 0.4) is 0 Å². The van der Waals surface area contributed by atoms with Gasteiger partial charge >= 0.3 is 5.97 Å². The van der Waals surface area contributed by atoms with Gasteiger partial charge in [-0.2, -0.15) is 8.42 Å². The van der Waals surface area contributed by atoms with Gasteiger partial charge in [-0.25, -0.2) is 0 Å². The fourth-order valence-corrected chi connectivity index (χ4v) is 3.72. The van der Waals surface area contributed by atoms with Crippen molar-refractivity contribution in [3.8, 4) is 5.75 Å². The fourth-order valence-electron chi connectivity index (χ4n) is 1.54. The Morgan fingerprint density at radius 3 is 2.90 bits per heavy atom. The zero-order valence-corrected chi connectivity index (χ0v) is 12.1. The number of carboxylic acids is 1. The van der Waals surface area contributed by atoms with E-state index < -0.39 is 16.0 Å². The quantitative estimate of drug-likeness (QED) is 0.864. The van der Waals surface area contributed by atoms with Gasteiger partial charge in [0.15, 0.2) is 5.17 Å². The third kappa shape index (κ3) is 3.23. The molecule has 2 N–H and O–H groups in total. The molecular weight excluding hydrogens is 304 g/mol. The standard InChI is InChI=1S/C11H12N2O5S2/c1-18-7-2-3-8-9(6-7)20(16,17)13-11(12-8)19-5-4-10(14)15/h2-3,6H,4-5H2,1H3,(H,12,13)(H,14,15). The van der Waals surface area contributed by atoms with E-state index >= 15 is 0 Å². The van der Waals surface area contributed by atoms with Crippen molar-refractivity contribution in [1.82, 2.24) is 0 Å². The van der Waals surface area contributed by atoms with Crippen LogP contribution >= 0.6 is 11.8 Å². The summed E-state index contributed by atoms with van der Waals surface area (Å²) in [5.74, 6) is -0.282. The first-order valence-corrected chi connectivity index (χ1v) is 7.99. The molecule has 1 heterocycles. The van der Waals surface area contributed by atoms with Crippen LogP contribution in [0.1, 0.15) is 6.42 Å². The lowest BCUT2D eigenvalue weighted by Gasteiger charge is -2.18. The molecule has 9 heteroatoms. The van der Waals surface area contributed by atoms with Gasteiger partial charge in [-0.15, -0.1) is 4.40 Å². The van der Waals surface area contributed by atoms with Crippen LogP contribution in [0.15, 0.2) is 27.5 Å². The number of ether oxygens (including phenoxy) is 1. The summed E-state index contributed by atoms with van der Waals surface area (Å²) in [5, 5.41) is 11.6. The Bertz CT molecular complexity index is 669. The third-order valence-electron chi connectivity index (χ3n) is 2.47. The molecule has 0 atom stereocenters. The van der Waals surface area contributed by atoms with Gasteiger partial charge in [-0.05, 0) is 12.1 Å². The van der Waals surface area contributed by atoms with Crippen molar-refractivity contribution in [2.75, 3.05) is 18.2 Å². The zero-order valence-electron chi connectivity index (χ0n) is 10.5. The maximum atomic E-state index is 12.0. The molecule has 0 aromatic heterocycles. The molecule has 7 nitrogen and oxygen atoms in total. The molecule has 108 valence electrons. The summed E-state index contributed by atoms with van der Waals surface area (Å²) in [4.78, 5) is 10.5. The van der Waals surface area contributed by atoms with Crippen molar-refractivity contribution in [3.05, 3.63) is 18.2 Å². The first kappa shape index (κ1) is 14.7. The van der Waals surface area contributed by atoms with Gasteiger partial charge in [0, 0.05) is 11.8 Å². The van der Waals surface area contributed by atoms with Crippen LogP contribution in [0.2, 0.25) is 0 Å². The van der Waals surface area contributed by atoms with E-state index in [9.17, 15) is 13.2 Å². The number of sulfonamides is 1. The van der Waals surface area contributed by atoms with E-state index in [1.807, 2.05) is 0 Å². The molecule has 1 aliphatic rings. The number of nitrogens with one attached hydrogen (secondary N) is 1. The number of nitrogens with zero attached hydrogens (tertiary/aromatic N) is 1. The highest BCUT2D eigenvalue weighted by Crippen LogP contribution is 2.32. The maximum absolute atomic E-state index is 12.0. The van der Waals surface area contributed by atoms with Gasteiger partial charge in [0.05, 0.1) is 19.2 Å². The van der Waals surface area contributed by atoms with Crippen LogP contribution < -0.4 is 10.1 Å². The minimum absolute atomic E-state index is 0.0411. The van der Waals surface area contributed by atoms with E-state index in [0.717, 1.165) is 11.8 Å². The number of aliphatic carboxylic acids is 1. The minimum atomic E-state index is -3.80. The van der Waals surface area contributed by atoms with E-state index in [4.69, 9.17) is 9.84 Å². The summed E-state index contributed by atoms with van der Waals surface area (Å²) < 4.78 is 32.7. The molecule has 0 spiro atoms. The van der Waals surface area contributed by atoms with Crippen LogP contribution in [0.5, 0.6) is 5.75 Å². The monoisotopic (exact) mass is 316 g/mol. The van der Waals surface area contributed by atoms with E-state index in [-0.39, 0.29) is 22.2 Å². The van der Waals surface area contributed by atoms with Crippen molar-refractivity contribution >= 4 is 38.6 Å². The number of thioether (sulfide) groups is 1. The number of rotatable bonds is 4. The Labute approximate surface area is 120 Å². The van der Waals surface area contributed by atoms with Gasteiger partial charge in [-0.3, -0.25) is 4.79 Å². The molecule has 0 bridgehead atoms. The Kier molecular flexibility index (Phi) is 4.19. The molecule has 1 aromatic carbocycles. The molecule has 0 radical (unpaired) electrons. The summed E-state index contributed by atoms with van der Waals surface area (Å²) in [7, 11) is -2.35. The van der Waals surface area contributed by atoms with E-state index in [1.54, 1.807) is 12.1 Å². The van der Waals surface area contributed by atoms with Crippen molar-refractivity contribution < 1.29 is 23.1 Å². The predicted molar refractivity (Wildman–Crippen MR) is 75.9 cm³/mol. The van der Waals surface area contributed by atoms with E-state index in [1.165, 1.54) is 13.2 Å². The molecular formula is C11H12N2O5S2. The lowest BCUT2D eigenvalue weighted by molar-refractivity contribution is -0.136. The Balaban J connectivity index is 2.23. The highest BCUT2D eigenvalue weighted by atomic mass is 32.2. The van der Waals surface area contributed by atoms with Gasteiger partial charge in [0.25, 0.3) is 10.0 Å². The van der Waals surface area contributed by atoms with Crippen molar-refractivity contribution in [2.45, 2.75) is 11.3 Å². The topological polar surface area (TPSA) is 105 Å². The van der Waals surface area contributed by atoms with Crippen molar-refractivity contribution in [2.24, 2.45) is 4.40 Å². The van der Waals surface area contributed by atoms with Crippen LogP contribution in [-0.4, -0.2) is 37.5 Å². The smallest absolute Gasteiger partial charge is 0.304 e. The maximum Gasteiger partial charge on any atom is 0.304 e. The first-order valence-electron chi connectivity index (χ1n) is 5.57. The molecule has 0 fully saturated rings. The average molecular weight is 316 g/mol. The molecule has 2 rings (SSSR count). The molecule has 0 saturated carbocycles. The summed E-state index contributed by atoms with van der Waals surface area (Å²) in [6, 6.07) is 4.60. The Morgan fingerprint density at radius 1 is 1.50 bits per heavy atom. The number of hydrogen-bond acceptors (Lipinski definition) is 6. The Morgan fingerprint density at radius 2 is 2.25 bits per heavy atom. The second-order valence-corrected chi connectivity index (χ2v) is 6.51. The molecule has 0 aliphatic carbocycles. The highest BCUT2D eigenvalue weighted by molar-refractivity contribution is 8.14. The number of carbonyl (C=O) groups is 1. The predicted octanol–water partition coefficient (Wildman–Crippen LogP) is 1.37. The molecule has 1 aliphatic heterocycles. The number of methoxy groups -OCH3 is 1. The van der Waals surface area contributed by atoms with Crippen molar-refractivity contribution in [3.63, 3.8) is 0 Å². The van der Waals surface area contributed by atoms with E-state index in [0.29, 0.717) is 11.4 Å². The lowest BCUT2D eigenvalue weighted by Crippen LogP contribution is -2.19. The lowest BCUT2D eigenvalue weighted by atomic mass is 10.3. The normalized spacial score (nSPS) is 15.8. The first-order chi connectivity index (χ1) is 9.42. The minimum Gasteiger partial charge on any atom is -0.497 e. The molecule has 0 unspecified atom stereocenters. The number of anilines is 1. The van der Waals surface area contributed by atoms with Crippen LogP contribution in [0.25, 0.3) is 0 Å². The molecule has 0 saturated heterocycles. The molecule has 1 aromatic rings. The SMILES string of the molecule is COc1ccc2c(c1)S(=O)(=O)N=C(SCCC(=O)O)N2. The largest absolute Gasteiger partial charge is 0.497 e. The summed E-state index contributed by atoms with van der Waals surface area (Å²) in [5.41, 5.74) is 0.402. The number of amidine groups is 1. The third-order valence-corrected chi connectivity index (χ3v) is 4.77. The van der Waals surface area contributed by atoms with Crippen LogP contribution in [0, 0.1) is 0 Å². The van der Waals surface area contributed by atoms with Gasteiger partial charge in [-0.1, -0.05) is 11.8 Å². The summed E-state index contributed by atoms with van der Waals surface area (Å²) in [6.45, 7) is 0.